The van der Waals surface area contributed by atoms with E-state index in [1.54, 1.807) is 16.9 Å². The fourth-order valence-electron chi connectivity index (χ4n) is 8.39. The van der Waals surface area contributed by atoms with E-state index in [4.69, 9.17) is 5.26 Å². The Bertz CT molecular complexity index is 868. The van der Waals surface area contributed by atoms with Gasteiger partial charge in [-0.2, -0.15) is 10.4 Å². The van der Waals surface area contributed by atoms with Gasteiger partial charge in [0.1, 0.15) is 6.07 Å². The normalized spacial score (nSPS) is 45.1. The van der Waals surface area contributed by atoms with Crippen molar-refractivity contribution >= 4 is 5.78 Å². The highest BCUT2D eigenvalue weighted by atomic mass is 16.3. The maximum absolute atomic E-state index is 13.3. The van der Waals surface area contributed by atoms with E-state index in [1.165, 1.54) is 32.1 Å². The van der Waals surface area contributed by atoms with Gasteiger partial charge < -0.3 is 5.11 Å². The highest BCUT2D eigenvalue weighted by Gasteiger charge is 2.58. The summed E-state index contributed by atoms with van der Waals surface area (Å²) in [5.74, 6) is 4.15. The number of rotatable bonds is 3. The highest BCUT2D eigenvalue weighted by Crippen LogP contribution is 2.64. The number of hydrogen-bond donors (Lipinski definition) is 1. The van der Waals surface area contributed by atoms with Crippen LogP contribution >= 0.6 is 0 Å². The second-order valence-corrected chi connectivity index (χ2v) is 11.3. The summed E-state index contributed by atoms with van der Waals surface area (Å²) in [4.78, 5) is 13.3. The summed E-state index contributed by atoms with van der Waals surface area (Å²) in [5.41, 5.74) is 0.0400. The fraction of sp³-hybridized carbons (Fsp3) is 0.800. The molecule has 162 valence electrons. The third-order valence-corrected chi connectivity index (χ3v) is 9.70. The minimum Gasteiger partial charge on any atom is -0.390 e. The van der Waals surface area contributed by atoms with Gasteiger partial charge in [0, 0.05) is 12.1 Å². The molecule has 4 aliphatic carbocycles. The number of nitrogens with zero attached hydrogens (tertiary/aromatic N) is 3. The molecule has 4 aliphatic rings. The zero-order valence-corrected chi connectivity index (χ0v) is 18.4. The first kappa shape index (κ1) is 20.2. The lowest BCUT2D eigenvalue weighted by molar-refractivity contribution is -0.133. The van der Waals surface area contributed by atoms with Gasteiger partial charge in [0.05, 0.1) is 12.1 Å². The van der Waals surface area contributed by atoms with Crippen LogP contribution in [0, 0.1) is 52.3 Å². The summed E-state index contributed by atoms with van der Waals surface area (Å²) in [7, 11) is 0. The molecule has 4 saturated carbocycles. The van der Waals surface area contributed by atoms with Crippen LogP contribution in [0.4, 0.5) is 0 Å². The van der Waals surface area contributed by atoms with E-state index >= 15 is 0 Å². The Kier molecular flexibility index (Phi) is 4.85. The lowest BCUT2D eigenvalue weighted by Crippen LogP contribution is -2.51. The Morgan fingerprint density at radius 1 is 1.17 bits per heavy atom. The molecule has 0 amide bonds. The average molecular weight is 410 g/mol. The molecule has 0 unspecified atom stereocenters. The van der Waals surface area contributed by atoms with Crippen molar-refractivity contribution in [3.8, 4) is 6.07 Å². The van der Waals surface area contributed by atoms with Crippen molar-refractivity contribution in [1.29, 1.82) is 5.26 Å². The zero-order chi connectivity index (χ0) is 21.1. The lowest BCUT2D eigenvalue weighted by Gasteiger charge is -2.56. The highest BCUT2D eigenvalue weighted by molar-refractivity contribution is 5.82. The molecule has 30 heavy (non-hydrogen) atoms. The molecule has 1 aromatic rings. The standard InChI is InChI=1S/C25H35N3O2/c1-24(30)10-7-18-16(13-24)3-4-20-19(18)8-11-25(2)21(20)5-6-22(25)23(29)15-28-12-9-17(14-26)27-28/h9,12,16,18-22,30H,3-8,10-11,13,15H2,1-2H3/t16-,18-,19+,20+,21-,22+,24+,25-/m0/s1. The Hall–Kier alpha value is -1.67. The predicted molar refractivity (Wildman–Crippen MR) is 113 cm³/mol. The first-order valence-electron chi connectivity index (χ1n) is 12.0. The summed E-state index contributed by atoms with van der Waals surface area (Å²) >= 11 is 0. The molecule has 5 heteroatoms. The minimum atomic E-state index is -0.458. The van der Waals surface area contributed by atoms with E-state index in [1.807, 2.05) is 13.0 Å². The molecule has 5 nitrogen and oxygen atoms in total. The monoisotopic (exact) mass is 409 g/mol. The van der Waals surface area contributed by atoms with E-state index in [9.17, 15) is 9.90 Å². The van der Waals surface area contributed by atoms with Crippen LogP contribution in [0.5, 0.6) is 0 Å². The van der Waals surface area contributed by atoms with Crippen molar-refractivity contribution in [2.45, 2.75) is 83.8 Å². The van der Waals surface area contributed by atoms with Gasteiger partial charge in [0.2, 0.25) is 0 Å². The number of aromatic nitrogens is 2. The molecule has 0 radical (unpaired) electrons. The number of ketones is 1. The van der Waals surface area contributed by atoms with Gasteiger partial charge in [-0.1, -0.05) is 6.92 Å². The van der Waals surface area contributed by atoms with E-state index in [2.05, 4.69) is 12.0 Å². The molecule has 1 heterocycles. The van der Waals surface area contributed by atoms with Crippen LogP contribution in [0.15, 0.2) is 12.3 Å². The second kappa shape index (κ2) is 7.19. The minimum absolute atomic E-state index is 0.121. The summed E-state index contributed by atoms with van der Waals surface area (Å²) in [6, 6.07) is 3.72. The van der Waals surface area contributed by atoms with Crippen molar-refractivity contribution < 1.29 is 9.90 Å². The van der Waals surface area contributed by atoms with Crippen LogP contribution < -0.4 is 0 Å². The number of Topliss-reactive ketones (excluding diaryl/α,β-unsaturated/α-hetero) is 1. The van der Waals surface area contributed by atoms with Gasteiger partial charge in [-0.25, -0.2) is 0 Å². The zero-order valence-electron chi connectivity index (χ0n) is 18.4. The Morgan fingerprint density at radius 3 is 2.73 bits per heavy atom. The lowest BCUT2D eigenvalue weighted by atomic mass is 9.49. The summed E-state index contributed by atoms with van der Waals surface area (Å²) in [6.07, 6.45) is 12.0. The molecule has 0 saturated heterocycles. The van der Waals surface area contributed by atoms with E-state index in [0.717, 1.165) is 43.4 Å². The van der Waals surface area contributed by atoms with Crippen LogP contribution in [0.1, 0.15) is 77.3 Å². The van der Waals surface area contributed by atoms with Crippen molar-refractivity contribution in [2.75, 3.05) is 0 Å². The van der Waals surface area contributed by atoms with Gasteiger partial charge in [-0.15, -0.1) is 0 Å². The van der Waals surface area contributed by atoms with Crippen LogP contribution in [0.2, 0.25) is 0 Å². The molecule has 0 aliphatic heterocycles. The maximum Gasteiger partial charge on any atom is 0.162 e. The molecule has 4 fully saturated rings. The molecule has 0 aromatic carbocycles. The van der Waals surface area contributed by atoms with Crippen LogP contribution in [0.25, 0.3) is 0 Å². The van der Waals surface area contributed by atoms with Crippen molar-refractivity contribution in [1.82, 2.24) is 9.78 Å². The second-order valence-electron chi connectivity index (χ2n) is 11.3. The Labute approximate surface area is 179 Å². The summed E-state index contributed by atoms with van der Waals surface area (Å²) < 4.78 is 1.64. The Balaban J connectivity index is 1.30. The molecule has 0 bridgehead atoms. The van der Waals surface area contributed by atoms with Gasteiger partial charge in [0.15, 0.2) is 11.5 Å². The third-order valence-electron chi connectivity index (χ3n) is 9.70. The quantitative estimate of drug-likeness (QED) is 0.805. The molecule has 8 atom stereocenters. The molecule has 0 spiro atoms. The third kappa shape index (κ3) is 3.23. The van der Waals surface area contributed by atoms with Gasteiger partial charge in [-0.05, 0) is 106 Å². The fourth-order valence-corrected chi connectivity index (χ4v) is 8.39. The number of nitriles is 1. The number of carbonyl (C=O) groups excluding carboxylic acids is 1. The van der Waals surface area contributed by atoms with E-state index < -0.39 is 5.60 Å². The maximum atomic E-state index is 13.3. The van der Waals surface area contributed by atoms with Crippen molar-refractivity contribution in [2.24, 2.45) is 40.9 Å². The van der Waals surface area contributed by atoms with Gasteiger partial charge >= 0.3 is 0 Å². The number of fused-ring (bicyclic) bond motifs is 5. The van der Waals surface area contributed by atoms with E-state index in [0.29, 0.717) is 29.9 Å². The number of hydrogen-bond acceptors (Lipinski definition) is 4. The van der Waals surface area contributed by atoms with E-state index in [-0.39, 0.29) is 11.3 Å². The van der Waals surface area contributed by atoms with Crippen LogP contribution in [-0.2, 0) is 11.3 Å². The first-order valence-corrected chi connectivity index (χ1v) is 12.0. The molecule has 1 N–H and O–H groups in total. The van der Waals surface area contributed by atoms with Gasteiger partial charge in [-0.3, -0.25) is 9.48 Å². The largest absolute Gasteiger partial charge is 0.390 e. The SMILES string of the molecule is C[C@@]1(O)CC[C@H]2[C@@H](CC[C@@H]3[C@@H]2CC[C@]2(C)[C@@H](C(=O)Cn4ccc(C#N)n4)CC[C@@H]32)C1. The van der Waals surface area contributed by atoms with Crippen molar-refractivity contribution in [3.63, 3.8) is 0 Å². The number of carbonyl (C=O) groups is 1. The molecule has 1 aromatic heterocycles. The molecule has 5 rings (SSSR count). The van der Waals surface area contributed by atoms with Crippen LogP contribution in [0.3, 0.4) is 0 Å². The predicted octanol–water partition coefficient (Wildman–Crippen LogP) is 4.34. The van der Waals surface area contributed by atoms with Crippen LogP contribution in [-0.4, -0.2) is 26.3 Å². The topological polar surface area (TPSA) is 78.9 Å². The smallest absolute Gasteiger partial charge is 0.162 e. The molecular formula is C25H35N3O2. The Morgan fingerprint density at radius 2 is 1.97 bits per heavy atom. The summed E-state index contributed by atoms with van der Waals surface area (Å²) in [6.45, 7) is 4.72. The summed E-state index contributed by atoms with van der Waals surface area (Å²) in [5, 5.41) is 23.8. The first-order chi connectivity index (χ1) is 14.3. The molecular weight excluding hydrogens is 374 g/mol. The number of aliphatic hydroxyl groups is 1. The van der Waals surface area contributed by atoms with Crippen molar-refractivity contribution in [3.05, 3.63) is 18.0 Å². The average Bonchev–Trinajstić information content (AvgIpc) is 3.30. The van der Waals surface area contributed by atoms with Gasteiger partial charge in [0.25, 0.3) is 0 Å².